The SMILES string of the molecule is CC(NCc1cc(F)ccc1F)c1ccc(O)cc1O. The average molecular weight is 279 g/mol. The van der Waals surface area contributed by atoms with Gasteiger partial charge in [0.2, 0.25) is 0 Å². The van der Waals surface area contributed by atoms with Crippen LogP contribution in [0.2, 0.25) is 0 Å². The number of benzene rings is 2. The quantitative estimate of drug-likeness (QED) is 0.805. The molecule has 3 nitrogen and oxygen atoms in total. The maximum absolute atomic E-state index is 13.5. The molecule has 0 spiro atoms. The van der Waals surface area contributed by atoms with Crippen LogP contribution in [0.3, 0.4) is 0 Å². The molecule has 0 aliphatic heterocycles. The maximum Gasteiger partial charge on any atom is 0.127 e. The van der Waals surface area contributed by atoms with Crippen molar-refractivity contribution in [3.05, 3.63) is 59.2 Å². The van der Waals surface area contributed by atoms with E-state index >= 15 is 0 Å². The molecule has 0 saturated carbocycles. The number of halogens is 2. The summed E-state index contributed by atoms with van der Waals surface area (Å²) in [5.41, 5.74) is 0.787. The van der Waals surface area contributed by atoms with Crippen molar-refractivity contribution < 1.29 is 19.0 Å². The largest absolute Gasteiger partial charge is 0.508 e. The molecule has 0 radical (unpaired) electrons. The molecule has 0 amide bonds. The van der Waals surface area contributed by atoms with Gasteiger partial charge in [-0.2, -0.15) is 0 Å². The number of rotatable bonds is 4. The summed E-state index contributed by atoms with van der Waals surface area (Å²) in [6, 6.07) is 7.25. The Bertz CT molecular complexity index is 617. The molecule has 3 N–H and O–H groups in total. The van der Waals surface area contributed by atoms with Gasteiger partial charge in [-0.15, -0.1) is 0 Å². The van der Waals surface area contributed by atoms with Crippen LogP contribution >= 0.6 is 0 Å². The molecule has 0 saturated heterocycles. The normalized spacial score (nSPS) is 12.3. The van der Waals surface area contributed by atoms with E-state index in [9.17, 15) is 19.0 Å². The highest BCUT2D eigenvalue weighted by molar-refractivity contribution is 5.40. The Labute approximate surface area is 115 Å². The van der Waals surface area contributed by atoms with Crippen LogP contribution in [0.15, 0.2) is 36.4 Å². The van der Waals surface area contributed by atoms with Gasteiger partial charge in [-0.1, -0.05) is 6.07 Å². The lowest BCUT2D eigenvalue weighted by molar-refractivity contribution is 0.435. The van der Waals surface area contributed by atoms with Crippen LogP contribution in [0.5, 0.6) is 11.5 Å². The summed E-state index contributed by atoms with van der Waals surface area (Å²) >= 11 is 0. The highest BCUT2D eigenvalue weighted by Gasteiger charge is 2.12. The lowest BCUT2D eigenvalue weighted by atomic mass is 10.1. The van der Waals surface area contributed by atoms with Gasteiger partial charge in [-0.05, 0) is 31.2 Å². The average Bonchev–Trinajstić information content (AvgIpc) is 2.39. The molecule has 1 unspecified atom stereocenters. The van der Waals surface area contributed by atoms with Crippen molar-refractivity contribution in [3.63, 3.8) is 0 Å². The molecule has 106 valence electrons. The molecule has 20 heavy (non-hydrogen) atoms. The van der Waals surface area contributed by atoms with Crippen LogP contribution in [-0.2, 0) is 6.54 Å². The molecule has 2 rings (SSSR count). The minimum absolute atomic E-state index is 0.0328. The summed E-state index contributed by atoms with van der Waals surface area (Å²) in [6.45, 7) is 1.91. The Morgan fingerprint density at radius 1 is 1.10 bits per heavy atom. The van der Waals surface area contributed by atoms with Gasteiger partial charge in [0.05, 0.1) is 0 Å². The van der Waals surface area contributed by atoms with E-state index in [2.05, 4.69) is 5.32 Å². The van der Waals surface area contributed by atoms with Crippen LogP contribution in [-0.4, -0.2) is 10.2 Å². The van der Waals surface area contributed by atoms with E-state index in [4.69, 9.17) is 0 Å². The molecule has 2 aromatic carbocycles. The van der Waals surface area contributed by atoms with Gasteiger partial charge in [-0.25, -0.2) is 8.78 Å². The third-order valence-electron chi connectivity index (χ3n) is 3.09. The summed E-state index contributed by atoms with van der Waals surface area (Å²) in [7, 11) is 0. The molecular formula is C15H15F2NO2. The first-order valence-electron chi connectivity index (χ1n) is 6.16. The van der Waals surface area contributed by atoms with E-state index in [1.165, 1.54) is 12.1 Å². The molecule has 0 fully saturated rings. The molecule has 0 heterocycles. The predicted octanol–water partition coefficient (Wildman–Crippen LogP) is 3.23. The second kappa shape index (κ2) is 5.88. The first kappa shape index (κ1) is 14.3. The zero-order chi connectivity index (χ0) is 14.7. The van der Waals surface area contributed by atoms with Crippen LogP contribution in [0.4, 0.5) is 8.78 Å². The third-order valence-corrected chi connectivity index (χ3v) is 3.09. The van der Waals surface area contributed by atoms with Gasteiger partial charge in [0.1, 0.15) is 23.1 Å². The van der Waals surface area contributed by atoms with Crippen LogP contribution < -0.4 is 5.32 Å². The molecule has 0 aromatic heterocycles. The molecule has 0 aliphatic rings. The summed E-state index contributed by atoms with van der Waals surface area (Å²) in [5.74, 6) is -1.07. The third kappa shape index (κ3) is 3.24. The zero-order valence-electron chi connectivity index (χ0n) is 10.9. The van der Waals surface area contributed by atoms with Crippen LogP contribution in [0.1, 0.15) is 24.1 Å². The monoisotopic (exact) mass is 279 g/mol. The zero-order valence-corrected chi connectivity index (χ0v) is 10.9. The molecule has 0 bridgehead atoms. The number of nitrogens with one attached hydrogen (secondary N) is 1. The van der Waals surface area contributed by atoms with E-state index < -0.39 is 11.6 Å². The van der Waals surface area contributed by atoms with Gasteiger partial charge < -0.3 is 15.5 Å². The second-order valence-corrected chi connectivity index (χ2v) is 4.58. The van der Waals surface area contributed by atoms with Gasteiger partial charge in [-0.3, -0.25) is 0 Å². The van der Waals surface area contributed by atoms with Crippen molar-refractivity contribution in [2.24, 2.45) is 0 Å². The fourth-order valence-electron chi connectivity index (χ4n) is 1.95. The lowest BCUT2D eigenvalue weighted by Crippen LogP contribution is -2.19. The fraction of sp³-hybridized carbons (Fsp3) is 0.200. The number of hydrogen-bond acceptors (Lipinski definition) is 3. The first-order valence-corrected chi connectivity index (χ1v) is 6.16. The highest BCUT2D eigenvalue weighted by atomic mass is 19.1. The summed E-state index contributed by atoms with van der Waals surface area (Å²) in [5, 5.41) is 21.9. The van der Waals surface area contributed by atoms with Crippen molar-refractivity contribution in [2.75, 3.05) is 0 Å². The Balaban J connectivity index is 2.08. The van der Waals surface area contributed by atoms with Crippen molar-refractivity contribution in [3.8, 4) is 11.5 Å². The number of hydrogen-bond donors (Lipinski definition) is 3. The minimum atomic E-state index is -0.497. The Hall–Kier alpha value is -2.14. The van der Waals surface area contributed by atoms with Crippen molar-refractivity contribution >= 4 is 0 Å². The molecule has 2 aromatic rings. The fourth-order valence-corrected chi connectivity index (χ4v) is 1.95. The van der Waals surface area contributed by atoms with E-state index in [0.29, 0.717) is 5.56 Å². The number of phenolic OH excluding ortho intramolecular Hbond substituents is 2. The first-order chi connectivity index (χ1) is 9.47. The van der Waals surface area contributed by atoms with Gasteiger partial charge in [0.25, 0.3) is 0 Å². The van der Waals surface area contributed by atoms with E-state index in [1.54, 1.807) is 13.0 Å². The molecule has 1 atom stereocenters. The van der Waals surface area contributed by atoms with E-state index in [0.717, 1.165) is 18.2 Å². The smallest absolute Gasteiger partial charge is 0.127 e. The van der Waals surface area contributed by atoms with E-state index in [1.807, 2.05) is 0 Å². The Kier molecular flexibility index (Phi) is 4.20. The summed E-state index contributed by atoms with van der Waals surface area (Å²) < 4.78 is 26.5. The van der Waals surface area contributed by atoms with Crippen LogP contribution in [0, 0.1) is 11.6 Å². The number of phenols is 2. The standard InChI is InChI=1S/C15H15F2NO2/c1-9(13-4-3-12(19)7-15(13)20)18-8-10-6-11(16)2-5-14(10)17/h2-7,9,18-20H,8H2,1H3. The minimum Gasteiger partial charge on any atom is -0.508 e. The molecular weight excluding hydrogens is 264 g/mol. The van der Waals surface area contributed by atoms with Crippen LogP contribution in [0.25, 0.3) is 0 Å². The van der Waals surface area contributed by atoms with Crippen molar-refractivity contribution in [2.45, 2.75) is 19.5 Å². The Morgan fingerprint density at radius 3 is 2.55 bits per heavy atom. The topological polar surface area (TPSA) is 52.5 Å². The highest BCUT2D eigenvalue weighted by Crippen LogP contribution is 2.27. The number of aromatic hydroxyl groups is 2. The second-order valence-electron chi connectivity index (χ2n) is 4.58. The maximum atomic E-state index is 13.5. The van der Waals surface area contributed by atoms with Gasteiger partial charge in [0, 0.05) is 29.8 Å². The molecule has 0 aliphatic carbocycles. The summed E-state index contributed by atoms with van der Waals surface area (Å²) in [6.07, 6.45) is 0. The lowest BCUT2D eigenvalue weighted by Gasteiger charge is -2.16. The van der Waals surface area contributed by atoms with E-state index in [-0.39, 0.29) is 29.6 Å². The van der Waals surface area contributed by atoms with Gasteiger partial charge >= 0.3 is 0 Å². The van der Waals surface area contributed by atoms with Crippen molar-refractivity contribution in [1.82, 2.24) is 5.32 Å². The predicted molar refractivity (Wildman–Crippen MR) is 71.4 cm³/mol. The Morgan fingerprint density at radius 2 is 1.85 bits per heavy atom. The van der Waals surface area contributed by atoms with Crippen molar-refractivity contribution in [1.29, 1.82) is 0 Å². The summed E-state index contributed by atoms with van der Waals surface area (Å²) in [4.78, 5) is 0. The van der Waals surface area contributed by atoms with Gasteiger partial charge in [0.15, 0.2) is 0 Å². The molecule has 5 heteroatoms.